The molecule has 1 heterocycles. The highest BCUT2D eigenvalue weighted by Gasteiger charge is 2.31. The summed E-state index contributed by atoms with van der Waals surface area (Å²) in [6.07, 6.45) is 5.55. The molecule has 2 aliphatic rings. The quantitative estimate of drug-likeness (QED) is 0.911. The molecule has 0 radical (unpaired) electrons. The number of nitrogens with one attached hydrogen (secondary N) is 1. The van der Waals surface area contributed by atoms with Gasteiger partial charge >= 0.3 is 0 Å². The number of halogens is 1. The first-order valence-electron chi connectivity index (χ1n) is 7.55. The van der Waals surface area contributed by atoms with Gasteiger partial charge in [0.1, 0.15) is 0 Å². The van der Waals surface area contributed by atoms with Crippen molar-refractivity contribution in [1.82, 2.24) is 10.2 Å². The zero-order valence-electron chi connectivity index (χ0n) is 11.4. The molecule has 104 valence electrons. The molecule has 1 aliphatic carbocycles. The summed E-state index contributed by atoms with van der Waals surface area (Å²) in [5.74, 6) is 0.816. The summed E-state index contributed by atoms with van der Waals surface area (Å²) in [5, 5.41) is 4.33. The molecule has 1 aromatic rings. The van der Waals surface area contributed by atoms with E-state index in [1.165, 1.54) is 31.2 Å². The lowest BCUT2D eigenvalue weighted by Gasteiger charge is -2.38. The van der Waals surface area contributed by atoms with Gasteiger partial charge in [-0.25, -0.2) is 0 Å². The Labute approximate surface area is 121 Å². The van der Waals surface area contributed by atoms with E-state index >= 15 is 0 Å². The maximum atomic E-state index is 6.20. The topological polar surface area (TPSA) is 15.3 Å². The highest BCUT2D eigenvalue weighted by Crippen LogP contribution is 2.40. The van der Waals surface area contributed by atoms with Gasteiger partial charge in [0.25, 0.3) is 0 Å². The molecule has 0 bridgehead atoms. The number of rotatable bonds is 3. The predicted molar refractivity (Wildman–Crippen MR) is 80.6 cm³/mol. The van der Waals surface area contributed by atoms with Crippen molar-refractivity contribution < 1.29 is 0 Å². The van der Waals surface area contributed by atoms with Crippen LogP contribution in [0.5, 0.6) is 0 Å². The summed E-state index contributed by atoms with van der Waals surface area (Å²) in [5.41, 5.74) is 1.42. The van der Waals surface area contributed by atoms with Crippen molar-refractivity contribution in [3.63, 3.8) is 0 Å². The van der Waals surface area contributed by atoms with E-state index in [1.54, 1.807) is 0 Å². The van der Waals surface area contributed by atoms with Crippen molar-refractivity contribution in [1.29, 1.82) is 0 Å². The van der Waals surface area contributed by atoms with Crippen molar-refractivity contribution >= 4 is 11.6 Å². The minimum atomic E-state index is 0.572. The lowest BCUT2D eigenvalue weighted by atomic mass is 9.90. The lowest BCUT2D eigenvalue weighted by Crippen LogP contribution is -2.46. The minimum Gasteiger partial charge on any atom is -0.314 e. The average Bonchev–Trinajstić information content (AvgIpc) is 2.94. The Bertz CT molecular complexity index is 409. The maximum Gasteiger partial charge on any atom is 0.0409 e. The first-order valence-corrected chi connectivity index (χ1v) is 7.92. The van der Waals surface area contributed by atoms with Crippen molar-refractivity contribution in [3.05, 3.63) is 34.9 Å². The Morgan fingerprint density at radius 2 is 1.89 bits per heavy atom. The van der Waals surface area contributed by atoms with Gasteiger partial charge in [-0.2, -0.15) is 0 Å². The van der Waals surface area contributed by atoms with E-state index in [2.05, 4.69) is 28.4 Å². The number of hydrogen-bond acceptors (Lipinski definition) is 2. The first-order chi connectivity index (χ1) is 9.34. The minimum absolute atomic E-state index is 0.572. The molecular formula is C16H23ClN2. The van der Waals surface area contributed by atoms with Gasteiger partial charge in [-0.3, -0.25) is 4.90 Å². The van der Waals surface area contributed by atoms with Gasteiger partial charge in [0, 0.05) is 37.2 Å². The van der Waals surface area contributed by atoms with Gasteiger partial charge in [0.2, 0.25) is 0 Å². The highest BCUT2D eigenvalue weighted by atomic mass is 35.5. The molecule has 1 atom stereocenters. The molecule has 1 aromatic carbocycles. The number of piperazine rings is 1. The second-order valence-corrected chi connectivity index (χ2v) is 6.27. The molecule has 2 nitrogen and oxygen atoms in total. The van der Waals surface area contributed by atoms with Crippen LogP contribution in [0.4, 0.5) is 0 Å². The smallest absolute Gasteiger partial charge is 0.0409 e. The van der Waals surface area contributed by atoms with Gasteiger partial charge < -0.3 is 5.32 Å². The zero-order valence-corrected chi connectivity index (χ0v) is 12.2. The monoisotopic (exact) mass is 278 g/mol. The van der Waals surface area contributed by atoms with Gasteiger partial charge in [-0.15, -0.1) is 0 Å². The molecular weight excluding hydrogens is 256 g/mol. The summed E-state index contributed by atoms with van der Waals surface area (Å²) in [7, 11) is 0. The summed E-state index contributed by atoms with van der Waals surface area (Å²) in [4.78, 5) is 2.66. The number of hydrogen-bond donors (Lipinski definition) is 1. The van der Waals surface area contributed by atoms with Gasteiger partial charge in [0.15, 0.2) is 0 Å². The molecule has 2 fully saturated rings. The third-order valence-electron chi connectivity index (χ3n) is 4.58. The Hall–Kier alpha value is -0.570. The Kier molecular flexibility index (Phi) is 4.42. The molecule has 3 heteroatoms. The van der Waals surface area contributed by atoms with Crippen LogP contribution in [0.3, 0.4) is 0 Å². The number of nitrogens with zero attached hydrogens (tertiary/aromatic N) is 1. The summed E-state index contributed by atoms with van der Waals surface area (Å²) >= 11 is 6.20. The van der Waals surface area contributed by atoms with E-state index < -0.39 is 0 Å². The Morgan fingerprint density at radius 1 is 1.16 bits per heavy atom. The van der Waals surface area contributed by atoms with Crippen LogP contribution in [0.1, 0.15) is 37.3 Å². The molecule has 19 heavy (non-hydrogen) atoms. The van der Waals surface area contributed by atoms with Crippen molar-refractivity contribution in [2.45, 2.75) is 31.7 Å². The van der Waals surface area contributed by atoms with E-state index in [-0.39, 0.29) is 0 Å². The van der Waals surface area contributed by atoms with Crippen LogP contribution < -0.4 is 5.32 Å². The van der Waals surface area contributed by atoms with Gasteiger partial charge in [-0.05, 0) is 36.5 Å². The fourth-order valence-corrected chi connectivity index (χ4v) is 3.90. The lowest BCUT2D eigenvalue weighted by molar-refractivity contribution is 0.125. The maximum absolute atomic E-state index is 6.20. The normalized spacial score (nSPS) is 23.6. The third-order valence-corrected chi connectivity index (χ3v) is 4.82. The molecule has 0 unspecified atom stereocenters. The number of benzene rings is 1. The fourth-order valence-electron chi connectivity index (χ4n) is 3.71. The van der Waals surface area contributed by atoms with Crippen LogP contribution in [0.25, 0.3) is 0 Å². The molecule has 1 saturated carbocycles. The van der Waals surface area contributed by atoms with Crippen LogP contribution in [-0.2, 0) is 0 Å². The van der Waals surface area contributed by atoms with E-state index in [4.69, 9.17) is 11.6 Å². The van der Waals surface area contributed by atoms with E-state index in [0.717, 1.165) is 37.1 Å². The predicted octanol–water partition coefficient (Wildman–Crippen LogP) is 3.48. The third kappa shape index (κ3) is 3.13. The van der Waals surface area contributed by atoms with Gasteiger partial charge in [-0.1, -0.05) is 36.6 Å². The first kappa shape index (κ1) is 13.4. The molecule has 0 aromatic heterocycles. The highest BCUT2D eigenvalue weighted by molar-refractivity contribution is 6.30. The van der Waals surface area contributed by atoms with Crippen LogP contribution >= 0.6 is 11.6 Å². The molecule has 1 aliphatic heterocycles. The Balaban J connectivity index is 1.86. The SMILES string of the molecule is Clc1cccc([C@@H](C2CCCC2)N2CCNCC2)c1. The fraction of sp³-hybridized carbons (Fsp3) is 0.625. The van der Waals surface area contributed by atoms with Gasteiger partial charge in [0.05, 0.1) is 0 Å². The molecule has 1 saturated heterocycles. The molecule has 3 rings (SSSR count). The second-order valence-electron chi connectivity index (χ2n) is 5.83. The van der Waals surface area contributed by atoms with Crippen molar-refractivity contribution in [2.24, 2.45) is 5.92 Å². The average molecular weight is 279 g/mol. The van der Waals surface area contributed by atoms with Crippen molar-refractivity contribution in [2.75, 3.05) is 26.2 Å². The molecule has 0 amide bonds. The molecule has 0 spiro atoms. The largest absolute Gasteiger partial charge is 0.314 e. The zero-order chi connectivity index (χ0) is 13.1. The molecule has 1 N–H and O–H groups in total. The standard InChI is InChI=1S/C16H23ClN2/c17-15-7-3-6-14(12-15)16(13-4-1-2-5-13)19-10-8-18-9-11-19/h3,6-7,12-13,16,18H,1-2,4-5,8-11H2/t16-/m1/s1. The summed E-state index contributed by atoms with van der Waals surface area (Å²) in [6, 6.07) is 9.09. The second kappa shape index (κ2) is 6.25. The van der Waals surface area contributed by atoms with Crippen LogP contribution in [0.15, 0.2) is 24.3 Å². The summed E-state index contributed by atoms with van der Waals surface area (Å²) < 4.78 is 0. The Morgan fingerprint density at radius 3 is 2.58 bits per heavy atom. The summed E-state index contributed by atoms with van der Waals surface area (Å²) in [6.45, 7) is 4.55. The van der Waals surface area contributed by atoms with Crippen molar-refractivity contribution in [3.8, 4) is 0 Å². The van der Waals surface area contributed by atoms with E-state index in [9.17, 15) is 0 Å². The van der Waals surface area contributed by atoms with Crippen LogP contribution in [-0.4, -0.2) is 31.1 Å². The van der Waals surface area contributed by atoms with Crippen LogP contribution in [0, 0.1) is 5.92 Å². The van der Waals surface area contributed by atoms with E-state index in [0.29, 0.717) is 6.04 Å². The van der Waals surface area contributed by atoms with Crippen LogP contribution in [0.2, 0.25) is 5.02 Å². The van der Waals surface area contributed by atoms with E-state index in [1.807, 2.05) is 6.07 Å².